The van der Waals surface area contributed by atoms with Gasteiger partial charge in [0.1, 0.15) is 53.9 Å². The zero-order valence-corrected chi connectivity index (χ0v) is 31.7. The van der Waals surface area contributed by atoms with E-state index < -0.39 is 54.5 Å². The second-order valence-electron chi connectivity index (χ2n) is 14.8. The number of hydrogen-bond donors (Lipinski definition) is 6. The number of carbonyl (C=O) groups excluding carboxylic acids is 2. The highest BCUT2D eigenvalue weighted by Gasteiger charge is 2.51. The first-order valence-corrected chi connectivity index (χ1v) is 19.1. The van der Waals surface area contributed by atoms with E-state index in [1.165, 1.54) is 12.1 Å². The monoisotopic (exact) mass is 820 g/mol. The molecule has 4 saturated heterocycles. The van der Waals surface area contributed by atoms with Crippen molar-refractivity contribution < 1.29 is 73.4 Å². The van der Waals surface area contributed by atoms with Crippen LogP contribution >= 0.6 is 0 Å². The van der Waals surface area contributed by atoms with E-state index in [4.69, 9.17) is 43.7 Å². The number of fused-ring (bicyclic) bond motifs is 5. The first kappa shape index (κ1) is 40.4. The van der Waals surface area contributed by atoms with Gasteiger partial charge in [0.05, 0.1) is 43.1 Å². The molecule has 15 heteroatoms. The first-order chi connectivity index (χ1) is 28.9. The maximum absolute atomic E-state index is 12.8. The number of carbonyl (C=O) groups is 3. The second-order valence-corrected chi connectivity index (χ2v) is 14.8. The number of ether oxygens (including phenoxy) is 6. The number of carboxylic acid groups (broad SMARTS) is 1. The van der Waals surface area contributed by atoms with Gasteiger partial charge in [-0.1, -0.05) is 36.4 Å². The van der Waals surface area contributed by atoms with Crippen LogP contribution in [-0.2, 0) is 28.4 Å². The predicted molar refractivity (Wildman–Crippen MR) is 213 cm³/mol. The van der Waals surface area contributed by atoms with Crippen LogP contribution in [0, 0.1) is 0 Å². The van der Waals surface area contributed by atoms with E-state index in [2.05, 4.69) is 0 Å². The zero-order chi connectivity index (χ0) is 42.1. The Hall–Kier alpha value is -6.33. The Bertz CT molecular complexity index is 2450. The van der Waals surface area contributed by atoms with Crippen molar-refractivity contribution in [3.05, 3.63) is 126 Å². The largest absolute Gasteiger partial charge is 0.508 e. The minimum absolute atomic E-state index is 0.135. The van der Waals surface area contributed by atoms with Gasteiger partial charge in [-0.15, -0.1) is 0 Å². The van der Waals surface area contributed by atoms with Gasteiger partial charge in [-0.3, -0.25) is 0 Å². The van der Waals surface area contributed by atoms with E-state index in [1.807, 2.05) is 0 Å². The van der Waals surface area contributed by atoms with Crippen LogP contribution in [0.3, 0.4) is 0 Å². The van der Waals surface area contributed by atoms with Gasteiger partial charge >= 0.3 is 17.9 Å². The molecule has 4 fully saturated rings. The predicted octanol–water partition coefficient (Wildman–Crippen LogP) is 4.70. The molecule has 15 nitrogen and oxygen atoms in total. The smallest absolute Gasteiger partial charge is 0.338 e. The summed E-state index contributed by atoms with van der Waals surface area (Å²) in [6, 6.07) is 29.6. The number of aliphatic hydroxyl groups is 2. The van der Waals surface area contributed by atoms with Gasteiger partial charge < -0.3 is 59.1 Å². The number of phenols is 3. The van der Waals surface area contributed by atoms with Crippen molar-refractivity contribution in [3.8, 4) is 17.2 Å². The molecule has 0 aromatic heterocycles. The maximum atomic E-state index is 12.8. The summed E-state index contributed by atoms with van der Waals surface area (Å²) in [5, 5.41) is 60.4. The summed E-state index contributed by atoms with van der Waals surface area (Å²) in [4.78, 5) is 36.2. The topological polar surface area (TPSA) is 228 Å². The lowest BCUT2D eigenvalue weighted by Crippen LogP contribution is -2.36. The minimum Gasteiger partial charge on any atom is -0.508 e. The van der Waals surface area contributed by atoms with Gasteiger partial charge in [-0.05, 0) is 105 Å². The molecule has 6 aromatic carbocycles. The van der Waals surface area contributed by atoms with Crippen LogP contribution in [0.25, 0.3) is 32.3 Å². The molecule has 4 aliphatic heterocycles. The number of aliphatic hydroxyl groups excluding tert-OH is 2. The van der Waals surface area contributed by atoms with Crippen molar-refractivity contribution in [2.75, 3.05) is 26.4 Å². The Balaban J connectivity index is 0.000000168. The van der Waals surface area contributed by atoms with Crippen molar-refractivity contribution in [1.82, 2.24) is 0 Å². The molecule has 8 atom stereocenters. The van der Waals surface area contributed by atoms with Gasteiger partial charge in [-0.2, -0.15) is 0 Å². The van der Waals surface area contributed by atoms with Gasteiger partial charge in [0.25, 0.3) is 0 Å². The first-order valence-electron chi connectivity index (χ1n) is 19.1. The van der Waals surface area contributed by atoms with Crippen LogP contribution in [-0.4, -0.2) is 124 Å². The molecule has 0 spiro atoms. The third kappa shape index (κ3) is 8.67. The van der Waals surface area contributed by atoms with Crippen molar-refractivity contribution in [1.29, 1.82) is 0 Å². The molecule has 4 heterocycles. The number of rotatable bonds is 5. The van der Waals surface area contributed by atoms with Crippen LogP contribution in [0.2, 0.25) is 0 Å². The third-order valence-electron chi connectivity index (χ3n) is 10.7. The Morgan fingerprint density at radius 1 is 0.433 bits per heavy atom. The van der Waals surface area contributed by atoms with E-state index in [-0.39, 0.29) is 61.4 Å². The van der Waals surface area contributed by atoms with E-state index in [0.717, 1.165) is 32.3 Å². The molecular weight excluding hydrogens is 780 g/mol. The molecule has 0 saturated carbocycles. The van der Waals surface area contributed by atoms with Gasteiger partial charge in [0.15, 0.2) is 12.2 Å². The third-order valence-corrected chi connectivity index (χ3v) is 10.7. The van der Waals surface area contributed by atoms with Gasteiger partial charge in [0.2, 0.25) is 0 Å². The highest BCUT2D eigenvalue weighted by molar-refractivity contribution is 5.97. The van der Waals surface area contributed by atoms with E-state index in [9.17, 15) is 29.7 Å². The molecule has 0 aliphatic carbocycles. The summed E-state index contributed by atoms with van der Waals surface area (Å²) in [5.41, 5.74) is 1.01. The molecule has 0 amide bonds. The zero-order valence-electron chi connectivity index (χ0n) is 31.7. The van der Waals surface area contributed by atoms with E-state index >= 15 is 0 Å². The number of esters is 2. The SMILES string of the molecule is O=C(O)c1ccc2cc(O)ccc2c1.O=C(O[C@H]1CO[C@H]2[C@@H]1OC[C@H]2OC(=O)c1ccc2cc(O)ccc2c1)c1ccc2cc(O)ccc2c1.O[C@@H]1CO[C@H]2[C@@H]1OC[C@@H]2O. The summed E-state index contributed by atoms with van der Waals surface area (Å²) in [6.07, 6.45) is -4.04. The van der Waals surface area contributed by atoms with Crippen molar-refractivity contribution in [2.24, 2.45) is 0 Å². The Morgan fingerprint density at radius 2 is 0.750 bits per heavy atom. The molecule has 4 aliphatic rings. The van der Waals surface area contributed by atoms with Crippen molar-refractivity contribution >= 4 is 50.2 Å². The van der Waals surface area contributed by atoms with E-state index in [1.54, 1.807) is 97.1 Å². The Kier molecular flexibility index (Phi) is 11.5. The van der Waals surface area contributed by atoms with Gasteiger partial charge in [0, 0.05) is 0 Å². The average Bonchev–Trinajstić information content (AvgIpc) is 4.03. The summed E-state index contributed by atoms with van der Waals surface area (Å²) < 4.78 is 33.1. The van der Waals surface area contributed by atoms with Gasteiger partial charge in [-0.25, -0.2) is 14.4 Å². The fraction of sp³-hybridized carbons (Fsp3) is 0.267. The highest BCUT2D eigenvalue weighted by atomic mass is 16.7. The number of benzene rings is 6. The van der Waals surface area contributed by atoms with Crippen molar-refractivity contribution in [2.45, 2.75) is 48.8 Å². The van der Waals surface area contributed by atoms with Crippen molar-refractivity contribution in [3.63, 3.8) is 0 Å². The summed E-state index contributed by atoms with van der Waals surface area (Å²) in [7, 11) is 0. The maximum Gasteiger partial charge on any atom is 0.338 e. The summed E-state index contributed by atoms with van der Waals surface area (Å²) in [5.74, 6) is -1.47. The Labute approximate surface area is 341 Å². The molecular formula is C45H40O15. The van der Waals surface area contributed by atoms with Crippen LogP contribution in [0.5, 0.6) is 17.2 Å². The quantitative estimate of drug-likeness (QED) is 0.130. The molecule has 310 valence electrons. The lowest BCUT2D eigenvalue weighted by atomic mass is 10.1. The van der Waals surface area contributed by atoms with Crippen LogP contribution in [0.4, 0.5) is 0 Å². The standard InChI is InChI=1S/C28H22O8.C11H8O3.C6H10O4/c29-21-7-5-15-9-19(3-1-17(15)11-21)27(31)35-23-13-33-26-24(14-34-25(23)26)36-28(32)20-4-2-18-12-22(30)8-6-16(18)10-20;12-10-4-3-7-5-9(11(13)14)2-1-8(7)6-10;7-3-1-9-6-4(8)2-10-5(3)6/h1-12,23-26,29-30H,13-14H2;1-6,12H,(H,13,14);3-8H,1-2H2/t23-,24+,25-,26-;;3-,4+,5-,6-/m1.1/s1. The number of aromatic hydroxyl groups is 3. The second kappa shape index (κ2) is 17.1. The van der Waals surface area contributed by atoms with Crippen LogP contribution in [0.1, 0.15) is 31.1 Å². The van der Waals surface area contributed by atoms with E-state index in [0.29, 0.717) is 11.1 Å². The highest BCUT2D eigenvalue weighted by Crippen LogP contribution is 2.33. The fourth-order valence-electron chi connectivity index (χ4n) is 7.59. The molecule has 10 rings (SSSR count). The number of hydrogen-bond acceptors (Lipinski definition) is 14. The normalized spacial score (nSPS) is 25.1. The lowest BCUT2D eigenvalue weighted by molar-refractivity contribution is -0.0287. The molecule has 6 N–H and O–H groups in total. The summed E-state index contributed by atoms with van der Waals surface area (Å²) in [6.45, 7) is 0.838. The molecule has 0 bridgehead atoms. The lowest BCUT2D eigenvalue weighted by Gasteiger charge is -2.17. The summed E-state index contributed by atoms with van der Waals surface area (Å²) >= 11 is 0. The Morgan fingerprint density at radius 3 is 1.13 bits per heavy atom. The fourth-order valence-corrected chi connectivity index (χ4v) is 7.59. The minimum atomic E-state index is -0.944. The van der Waals surface area contributed by atoms with Crippen LogP contribution < -0.4 is 0 Å². The number of phenolic OH excluding ortho intramolecular Hbond substituents is 3. The molecule has 60 heavy (non-hydrogen) atoms. The van der Waals surface area contributed by atoms with Crippen LogP contribution in [0.15, 0.2) is 109 Å². The molecule has 0 unspecified atom stereocenters. The molecule has 6 aromatic rings. The number of carboxylic acids is 1. The number of aromatic carboxylic acids is 1. The average molecular weight is 821 g/mol. The molecule has 0 radical (unpaired) electrons.